The van der Waals surface area contributed by atoms with E-state index in [0.29, 0.717) is 6.54 Å². The highest BCUT2D eigenvalue weighted by atomic mass is 16.6. The van der Waals surface area contributed by atoms with E-state index in [0.717, 1.165) is 18.7 Å². The third-order valence-corrected chi connectivity index (χ3v) is 2.49. The highest BCUT2D eigenvalue weighted by Gasteiger charge is 2.22. The Kier molecular flexibility index (Phi) is 5.83. The van der Waals surface area contributed by atoms with Gasteiger partial charge in [-0.2, -0.15) is 0 Å². The van der Waals surface area contributed by atoms with Gasteiger partial charge in [0.1, 0.15) is 5.60 Å². The zero-order valence-corrected chi connectivity index (χ0v) is 12.3. The number of benzene rings is 1. The summed E-state index contributed by atoms with van der Waals surface area (Å²) < 4.78 is 5.45. The van der Waals surface area contributed by atoms with Crippen LogP contribution in [-0.2, 0) is 4.74 Å². The first-order valence-corrected chi connectivity index (χ1v) is 6.64. The summed E-state index contributed by atoms with van der Waals surface area (Å²) in [5.41, 5.74) is 0.389. The Hall–Kier alpha value is -1.55. The molecule has 1 N–H and O–H groups in total. The van der Waals surface area contributed by atoms with Crippen LogP contribution in [0, 0.1) is 0 Å². The van der Waals surface area contributed by atoms with Crippen LogP contribution in [0.25, 0.3) is 0 Å². The van der Waals surface area contributed by atoms with E-state index in [4.69, 9.17) is 4.74 Å². The van der Waals surface area contributed by atoms with Crippen molar-refractivity contribution in [1.29, 1.82) is 0 Å². The van der Waals surface area contributed by atoms with Gasteiger partial charge in [0.05, 0.1) is 0 Å². The van der Waals surface area contributed by atoms with Gasteiger partial charge in [-0.25, -0.2) is 4.79 Å². The Morgan fingerprint density at radius 2 is 1.89 bits per heavy atom. The SMILES string of the molecule is CNCCCN(C(=O)OC(C)(C)C)c1ccccc1. The zero-order chi connectivity index (χ0) is 14.3. The normalized spacial score (nSPS) is 11.2. The minimum atomic E-state index is -0.479. The molecule has 0 spiro atoms. The molecule has 1 aromatic rings. The van der Waals surface area contributed by atoms with Crippen LogP contribution in [0.3, 0.4) is 0 Å². The summed E-state index contributed by atoms with van der Waals surface area (Å²) in [4.78, 5) is 13.9. The van der Waals surface area contributed by atoms with Crippen LogP contribution >= 0.6 is 0 Å². The smallest absolute Gasteiger partial charge is 0.414 e. The zero-order valence-electron chi connectivity index (χ0n) is 12.3. The molecule has 19 heavy (non-hydrogen) atoms. The predicted octanol–water partition coefficient (Wildman–Crippen LogP) is 3.04. The van der Waals surface area contributed by atoms with Crippen LogP contribution in [0.4, 0.5) is 10.5 Å². The Morgan fingerprint density at radius 3 is 2.42 bits per heavy atom. The lowest BCUT2D eigenvalue weighted by molar-refractivity contribution is 0.0580. The van der Waals surface area contributed by atoms with Gasteiger partial charge < -0.3 is 10.1 Å². The number of nitrogens with one attached hydrogen (secondary N) is 1. The molecule has 0 aliphatic rings. The minimum Gasteiger partial charge on any atom is -0.443 e. The summed E-state index contributed by atoms with van der Waals surface area (Å²) in [6.45, 7) is 7.14. The van der Waals surface area contributed by atoms with E-state index < -0.39 is 5.60 Å². The van der Waals surface area contributed by atoms with Crippen molar-refractivity contribution in [2.24, 2.45) is 0 Å². The third kappa shape index (κ3) is 5.75. The van der Waals surface area contributed by atoms with Crippen LogP contribution < -0.4 is 10.2 Å². The second-order valence-corrected chi connectivity index (χ2v) is 5.42. The number of hydrogen-bond acceptors (Lipinski definition) is 3. The molecule has 0 fully saturated rings. The lowest BCUT2D eigenvalue weighted by atomic mass is 10.2. The Bertz CT molecular complexity index is 385. The maximum atomic E-state index is 12.2. The fourth-order valence-corrected chi connectivity index (χ4v) is 1.66. The standard InChI is InChI=1S/C15H24N2O2/c1-15(2,3)19-14(18)17(12-8-11-16-4)13-9-6-5-7-10-13/h5-7,9-10,16H,8,11-12H2,1-4H3. The molecule has 4 nitrogen and oxygen atoms in total. The number of carbonyl (C=O) groups is 1. The molecule has 0 aliphatic carbocycles. The molecule has 0 aromatic heterocycles. The van der Waals surface area contributed by atoms with E-state index in [9.17, 15) is 4.79 Å². The van der Waals surface area contributed by atoms with Crippen LogP contribution in [0.2, 0.25) is 0 Å². The van der Waals surface area contributed by atoms with Crippen LogP contribution in [0.5, 0.6) is 0 Å². The molecule has 0 aliphatic heterocycles. The molecule has 0 heterocycles. The maximum Gasteiger partial charge on any atom is 0.414 e. The number of para-hydroxylation sites is 1. The molecular formula is C15H24N2O2. The van der Waals surface area contributed by atoms with Crippen LogP contribution in [-0.4, -0.2) is 31.8 Å². The highest BCUT2D eigenvalue weighted by Crippen LogP contribution is 2.18. The van der Waals surface area contributed by atoms with Crippen molar-refractivity contribution < 1.29 is 9.53 Å². The lowest BCUT2D eigenvalue weighted by Gasteiger charge is -2.27. The van der Waals surface area contributed by atoms with E-state index in [-0.39, 0.29) is 6.09 Å². The van der Waals surface area contributed by atoms with Gasteiger partial charge in [-0.1, -0.05) is 18.2 Å². The summed E-state index contributed by atoms with van der Waals surface area (Å²) in [6, 6.07) is 9.62. The summed E-state index contributed by atoms with van der Waals surface area (Å²) in [5.74, 6) is 0. The molecule has 0 atom stereocenters. The second-order valence-electron chi connectivity index (χ2n) is 5.42. The van der Waals surface area contributed by atoms with E-state index in [1.807, 2.05) is 58.2 Å². The fraction of sp³-hybridized carbons (Fsp3) is 0.533. The van der Waals surface area contributed by atoms with Gasteiger partial charge in [-0.15, -0.1) is 0 Å². The molecule has 106 valence electrons. The Balaban J connectivity index is 2.77. The quantitative estimate of drug-likeness (QED) is 0.831. The van der Waals surface area contributed by atoms with Crippen LogP contribution in [0.1, 0.15) is 27.2 Å². The minimum absolute atomic E-state index is 0.296. The van der Waals surface area contributed by atoms with Gasteiger partial charge >= 0.3 is 6.09 Å². The van der Waals surface area contributed by atoms with Crippen molar-refractivity contribution in [2.75, 3.05) is 25.0 Å². The largest absolute Gasteiger partial charge is 0.443 e. The first kappa shape index (κ1) is 15.5. The van der Waals surface area contributed by atoms with Crippen molar-refractivity contribution in [3.05, 3.63) is 30.3 Å². The van der Waals surface area contributed by atoms with Gasteiger partial charge in [-0.3, -0.25) is 4.90 Å². The average Bonchev–Trinajstić information content (AvgIpc) is 2.33. The molecule has 1 aromatic carbocycles. The number of hydrogen-bond donors (Lipinski definition) is 1. The maximum absolute atomic E-state index is 12.2. The first-order chi connectivity index (χ1) is 8.94. The van der Waals surface area contributed by atoms with Gasteiger partial charge in [0.15, 0.2) is 0 Å². The van der Waals surface area contributed by atoms with Gasteiger partial charge in [0, 0.05) is 12.2 Å². The van der Waals surface area contributed by atoms with Gasteiger partial charge in [0.25, 0.3) is 0 Å². The van der Waals surface area contributed by atoms with E-state index in [2.05, 4.69) is 5.32 Å². The molecule has 1 amide bonds. The molecule has 0 radical (unpaired) electrons. The second kappa shape index (κ2) is 7.14. The molecule has 4 heteroatoms. The van der Waals surface area contributed by atoms with Crippen molar-refractivity contribution >= 4 is 11.8 Å². The van der Waals surface area contributed by atoms with Crippen molar-refractivity contribution in [3.8, 4) is 0 Å². The topological polar surface area (TPSA) is 41.6 Å². The summed E-state index contributed by atoms with van der Waals surface area (Å²) >= 11 is 0. The Morgan fingerprint density at radius 1 is 1.26 bits per heavy atom. The predicted molar refractivity (Wildman–Crippen MR) is 78.6 cm³/mol. The molecule has 0 saturated carbocycles. The number of rotatable bonds is 5. The number of nitrogens with zero attached hydrogens (tertiary/aromatic N) is 1. The fourth-order valence-electron chi connectivity index (χ4n) is 1.66. The molecule has 1 rings (SSSR count). The molecule has 0 bridgehead atoms. The van der Waals surface area contributed by atoms with Gasteiger partial charge in [0.2, 0.25) is 0 Å². The van der Waals surface area contributed by atoms with Crippen molar-refractivity contribution in [1.82, 2.24) is 5.32 Å². The average molecular weight is 264 g/mol. The van der Waals surface area contributed by atoms with Gasteiger partial charge in [-0.05, 0) is 52.9 Å². The van der Waals surface area contributed by atoms with E-state index in [1.165, 1.54) is 0 Å². The number of amides is 1. The van der Waals surface area contributed by atoms with Crippen LogP contribution in [0.15, 0.2) is 30.3 Å². The lowest BCUT2D eigenvalue weighted by Crippen LogP contribution is -2.38. The number of ether oxygens (including phenoxy) is 1. The van der Waals surface area contributed by atoms with E-state index >= 15 is 0 Å². The first-order valence-electron chi connectivity index (χ1n) is 6.64. The highest BCUT2D eigenvalue weighted by molar-refractivity contribution is 5.87. The van der Waals surface area contributed by atoms with Crippen molar-refractivity contribution in [2.45, 2.75) is 32.8 Å². The monoisotopic (exact) mass is 264 g/mol. The third-order valence-electron chi connectivity index (χ3n) is 2.49. The van der Waals surface area contributed by atoms with E-state index in [1.54, 1.807) is 4.90 Å². The summed E-state index contributed by atoms with van der Waals surface area (Å²) in [6.07, 6.45) is 0.583. The Labute approximate surface area is 115 Å². The molecular weight excluding hydrogens is 240 g/mol. The molecule has 0 unspecified atom stereocenters. The molecule has 0 saturated heterocycles. The van der Waals surface area contributed by atoms with Crippen molar-refractivity contribution in [3.63, 3.8) is 0 Å². The summed E-state index contributed by atoms with van der Waals surface area (Å²) in [7, 11) is 1.90. The summed E-state index contributed by atoms with van der Waals surface area (Å²) in [5, 5.41) is 3.08. The number of carbonyl (C=O) groups excluding carboxylic acids is 1. The number of anilines is 1.